The third kappa shape index (κ3) is 2.51. The number of benzene rings is 3. The maximum atomic E-state index is 13.7. The predicted molar refractivity (Wildman–Crippen MR) is 83.4 cm³/mol. The van der Waals surface area contributed by atoms with Crippen molar-refractivity contribution in [3.8, 4) is 17.2 Å². The van der Waals surface area contributed by atoms with E-state index < -0.39 is 5.82 Å². The highest BCUT2D eigenvalue weighted by molar-refractivity contribution is 5.87. The zero-order valence-electron chi connectivity index (χ0n) is 11.7. The summed E-state index contributed by atoms with van der Waals surface area (Å²) in [5.41, 5.74) is 3.12. The van der Waals surface area contributed by atoms with Crippen LogP contribution >= 0.6 is 0 Å². The van der Waals surface area contributed by atoms with Crippen LogP contribution in [0.25, 0.3) is 21.9 Å². The molecule has 21 heavy (non-hydrogen) atoms. The maximum absolute atomic E-state index is 13.7. The molecule has 0 unspecified atom stereocenters. The lowest BCUT2D eigenvalue weighted by Gasteiger charge is -2.06. The third-order valence-electron chi connectivity index (χ3n) is 3.74. The first-order chi connectivity index (χ1) is 10.2. The summed E-state index contributed by atoms with van der Waals surface area (Å²) in [5, 5.41) is 11.1. The number of fused-ring (bicyclic) bond motifs is 1. The molecule has 3 rings (SSSR count). The number of nitriles is 1. The summed E-state index contributed by atoms with van der Waals surface area (Å²) in [6.45, 7) is 2.13. The van der Waals surface area contributed by atoms with Crippen LogP contribution in [0.5, 0.6) is 0 Å². The molecule has 0 aromatic heterocycles. The van der Waals surface area contributed by atoms with Gasteiger partial charge in [0.15, 0.2) is 0 Å². The Balaban J connectivity index is 2.09. The van der Waals surface area contributed by atoms with Crippen molar-refractivity contribution in [2.75, 3.05) is 0 Å². The summed E-state index contributed by atoms with van der Waals surface area (Å²) < 4.78 is 13.7. The van der Waals surface area contributed by atoms with Gasteiger partial charge < -0.3 is 0 Å². The van der Waals surface area contributed by atoms with E-state index in [1.54, 1.807) is 6.07 Å². The molecule has 0 atom stereocenters. The SMILES string of the molecule is CCc1ccc2cc(-c3ccc(C#N)c(F)c3)ccc2c1. The van der Waals surface area contributed by atoms with Crippen molar-refractivity contribution in [1.82, 2.24) is 0 Å². The first-order valence-electron chi connectivity index (χ1n) is 6.94. The third-order valence-corrected chi connectivity index (χ3v) is 3.74. The second-order valence-electron chi connectivity index (χ2n) is 5.06. The summed E-state index contributed by atoms with van der Waals surface area (Å²) in [7, 11) is 0. The van der Waals surface area contributed by atoms with E-state index in [1.165, 1.54) is 23.1 Å². The van der Waals surface area contributed by atoms with Gasteiger partial charge in [-0.05, 0) is 52.1 Å². The van der Waals surface area contributed by atoms with Crippen LogP contribution in [0.15, 0.2) is 54.6 Å². The van der Waals surface area contributed by atoms with Crippen LogP contribution in [0.2, 0.25) is 0 Å². The topological polar surface area (TPSA) is 23.8 Å². The van der Waals surface area contributed by atoms with Gasteiger partial charge >= 0.3 is 0 Å². The van der Waals surface area contributed by atoms with Crippen LogP contribution in [0, 0.1) is 17.1 Å². The minimum atomic E-state index is -0.476. The van der Waals surface area contributed by atoms with Gasteiger partial charge in [-0.2, -0.15) is 5.26 Å². The molecule has 0 heterocycles. The molecule has 0 bridgehead atoms. The quantitative estimate of drug-likeness (QED) is 0.639. The summed E-state index contributed by atoms with van der Waals surface area (Å²) in [6, 6.07) is 19.0. The molecule has 0 radical (unpaired) electrons. The van der Waals surface area contributed by atoms with Gasteiger partial charge in [-0.3, -0.25) is 0 Å². The predicted octanol–water partition coefficient (Wildman–Crippen LogP) is 5.08. The summed E-state index contributed by atoms with van der Waals surface area (Å²) in [5.74, 6) is -0.476. The average molecular weight is 275 g/mol. The molecule has 0 aliphatic rings. The first kappa shape index (κ1) is 13.3. The van der Waals surface area contributed by atoms with Gasteiger partial charge in [0.05, 0.1) is 5.56 Å². The Morgan fingerprint density at radius 3 is 2.29 bits per heavy atom. The van der Waals surface area contributed by atoms with Gasteiger partial charge in [0.2, 0.25) is 0 Å². The van der Waals surface area contributed by atoms with Crippen molar-refractivity contribution in [2.24, 2.45) is 0 Å². The number of halogens is 1. The maximum Gasteiger partial charge on any atom is 0.141 e. The van der Waals surface area contributed by atoms with Gasteiger partial charge in [0.1, 0.15) is 11.9 Å². The van der Waals surface area contributed by atoms with Crippen molar-refractivity contribution >= 4 is 10.8 Å². The van der Waals surface area contributed by atoms with E-state index in [9.17, 15) is 4.39 Å². The average Bonchev–Trinajstić information content (AvgIpc) is 2.53. The normalized spacial score (nSPS) is 10.5. The lowest BCUT2D eigenvalue weighted by molar-refractivity contribution is 0.624. The highest BCUT2D eigenvalue weighted by atomic mass is 19.1. The van der Waals surface area contributed by atoms with E-state index in [0.717, 1.165) is 22.9 Å². The second-order valence-corrected chi connectivity index (χ2v) is 5.06. The Morgan fingerprint density at radius 1 is 0.905 bits per heavy atom. The van der Waals surface area contributed by atoms with Crippen molar-refractivity contribution in [1.29, 1.82) is 5.26 Å². The van der Waals surface area contributed by atoms with E-state index in [-0.39, 0.29) is 5.56 Å². The number of aryl methyl sites for hydroxylation is 1. The van der Waals surface area contributed by atoms with Crippen molar-refractivity contribution in [2.45, 2.75) is 13.3 Å². The standard InChI is InChI=1S/C19H14FN/c1-2-13-3-4-15-10-16(6-5-14(15)9-13)17-7-8-18(12-21)19(20)11-17/h3-11H,2H2,1H3. The molecule has 0 amide bonds. The van der Waals surface area contributed by atoms with Gasteiger partial charge in [-0.1, -0.05) is 43.3 Å². The van der Waals surface area contributed by atoms with Crippen LogP contribution in [-0.2, 0) is 6.42 Å². The van der Waals surface area contributed by atoms with E-state index in [0.29, 0.717) is 0 Å². The number of hydrogen-bond acceptors (Lipinski definition) is 1. The molecule has 3 aromatic rings. The smallest absolute Gasteiger partial charge is 0.141 e. The van der Waals surface area contributed by atoms with Crippen molar-refractivity contribution < 1.29 is 4.39 Å². The number of nitrogens with zero attached hydrogens (tertiary/aromatic N) is 1. The zero-order valence-corrected chi connectivity index (χ0v) is 11.7. The van der Waals surface area contributed by atoms with Gasteiger partial charge in [0.25, 0.3) is 0 Å². The highest BCUT2D eigenvalue weighted by Gasteiger charge is 2.05. The van der Waals surface area contributed by atoms with E-state index in [4.69, 9.17) is 5.26 Å². The van der Waals surface area contributed by atoms with Crippen LogP contribution in [0.4, 0.5) is 4.39 Å². The fourth-order valence-electron chi connectivity index (χ4n) is 2.48. The summed E-state index contributed by atoms with van der Waals surface area (Å²) in [4.78, 5) is 0. The fraction of sp³-hybridized carbons (Fsp3) is 0.105. The minimum Gasteiger partial charge on any atom is -0.206 e. The van der Waals surface area contributed by atoms with Crippen molar-refractivity contribution in [3.05, 3.63) is 71.5 Å². The fourth-order valence-corrected chi connectivity index (χ4v) is 2.48. The minimum absolute atomic E-state index is 0.0760. The van der Waals surface area contributed by atoms with Crippen molar-refractivity contribution in [3.63, 3.8) is 0 Å². The van der Waals surface area contributed by atoms with Gasteiger partial charge in [-0.25, -0.2) is 4.39 Å². The molecule has 0 N–H and O–H groups in total. The van der Waals surface area contributed by atoms with Crippen LogP contribution in [-0.4, -0.2) is 0 Å². The van der Waals surface area contributed by atoms with E-state index in [1.807, 2.05) is 12.1 Å². The lowest BCUT2D eigenvalue weighted by atomic mass is 9.98. The lowest BCUT2D eigenvalue weighted by Crippen LogP contribution is -1.86. The molecule has 0 aliphatic heterocycles. The van der Waals surface area contributed by atoms with E-state index >= 15 is 0 Å². The highest BCUT2D eigenvalue weighted by Crippen LogP contribution is 2.26. The molecule has 0 saturated carbocycles. The van der Waals surface area contributed by atoms with Crippen LogP contribution < -0.4 is 0 Å². The number of hydrogen-bond donors (Lipinski definition) is 0. The molecule has 0 spiro atoms. The Labute approximate surface area is 123 Å². The molecular formula is C19H14FN. The Hall–Kier alpha value is -2.66. The summed E-state index contributed by atoms with van der Waals surface area (Å²) >= 11 is 0. The molecule has 0 saturated heterocycles. The molecule has 0 aliphatic carbocycles. The Bertz CT molecular complexity index is 859. The van der Waals surface area contributed by atoms with Crippen LogP contribution in [0.3, 0.4) is 0 Å². The molecule has 0 fully saturated rings. The number of rotatable bonds is 2. The monoisotopic (exact) mass is 275 g/mol. The van der Waals surface area contributed by atoms with Crippen LogP contribution in [0.1, 0.15) is 18.1 Å². The molecule has 1 nitrogen and oxygen atoms in total. The zero-order chi connectivity index (χ0) is 14.8. The molecule has 2 heteroatoms. The molecular weight excluding hydrogens is 261 g/mol. The largest absolute Gasteiger partial charge is 0.206 e. The summed E-state index contributed by atoms with van der Waals surface area (Å²) in [6.07, 6.45) is 1.01. The first-order valence-corrected chi connectivity index (χ1v) is 6.94. The van der Waals surface area contributed by atoms with Gasteiger partial charge in [0, 0.05) is 0 Å². The second kappa shape index (κ2) is 5.38. The van der Waals surface area contributed by atoms with E-state index in [2.05, 4.69) is 37.3 Å². The Kier molecular flexibility index (Phi) is 3.41. The van der Waals surface area contributed by atoms with Gasteiger partial charge in [-0.15, -0.1) is 0 Å². The Morgan fingerprint density at radius 2 is 1.57 bits per heavy atom. The molecule has 3 aromatic carbocycles. The molecule has 102 valence electrons.